The standard InChI is InChI=1S/C16H32N2/c1-4-15-11-10-13(2)18(15)12-14-8-6-5-7-9-16(14)17-3/h13-17H,4-12H2,1-3H3. The van der Waals surface area contributed by atoms with Crippen molar-refractivity contribution in [2.75, 3.05) is 13.6 Å². The second-order valence-corrected chi connectivity index (χ2v) is 6.48. The third-order valence-corrected chi connectivity index (χ3v) is 5.40. The predicted octanol–water partition coefficient (Wildman–Crippen LogP) is 3.42. The van der Waals surface area contributed by atoms with Gasteiger partial charge in [0.1, 0.15) is 0 Å². The second kappa shape index (κ2) is 6.91. The minimum absolute atomic E-state index is 0.762. The summed E-state index contributed by atoms with van der Waals surface area (Å²) in [6.07, 6.45) is 11.3. The van der Waals surface area contributed by atoms with Crippen molar-refractivity contribution in [1.29, 1.82) is 0 Å². The highest BCUT2D eigenvalue weighted by atomic mass is 15.2. The monoisotopic (exact) mass is 252 g/mol. The van der Waals surface area contributed by atoms with Crippen LogP contribution in [0.15, 0.2) is 0 Å². The van der Waals surface area contributed by atoms with Crippen LogP contribution in [-0.4, -0.2) is 36.6 Å². The molecule has 1 aliphatic heterocycles. The molecule has 0 aromatic rings. The molecule has 0 bridgehead atoms. The summed E-state index contributed by atoms with van der Waals surface area (Å²) < 4.78 is 0. The van der Waals surface area contributed by atoms with E-state index in [-0.39, 0.29) is 0 Å². The van der Waals surface area contributed by atoms with Crippen molar-refractivity contribution in [2.24, 2.45) is 5.92 Å². The molecule has 1 heterocycles. The van der Waals surface area contributed by atoms with Crippen molar-refractivity contribution >= 4 is 0 Å². The van der Waals surface area contributed by atoms with Gasteiger partial charge >= 0.3 is 0 Å². The maximum absolute atomic E-state index is 3.59. The Morgan fingerprint density at radius 1 is 1.06 bits per heavy atom. The van der Waals surface area contributed by atoms with Crippen LogP contribution in [0.4, 0.5) is 0 Å². The van der Waals surface area contributed by atoms with E-state index in [1.54, 1.807) is 0 Å². The van der Waals surface area contributed by atoms with E-state index in [0.29, 0.717) is 0 Å². The molecule has 106 valence electrons. The Morgan fingerprint density at radius 3 is 2.56 bits per heavy atom. The summed E-state index contributed by atoms with van der Waals surface area (Å²) in [4.78, 5) is 2.82. The van der Waals surface area contributed by atoms with Gasteiger partial charge in [0, 0.05) is 24.7 Å². The third-order valence-electron chi connectivity index (χ3n) is 5.40. The summed E-state index contributed by atoms with van der Waals surface area (Å²) in [7, 11) is 2.16. The van der Waals surface area contributed by atoms with Crippen LogP contribution in [0.3, 0.4) is 0 Å². The summed E-state index contributed by atoms with van der Waals surface area (Å²) in [5, 5.41) is 3.59. The lowest BCUT2D eigenvalue weighted by Gasteiger charge is -2.34. The quantitative estimate of drug-likeness (QED) is 0.771. The van der Waals surface area contributed by atoms with Crippen LogP contribution in [0.5, 0.6) is 0 Å². The molecular weight excluding hydrogens is 220 g/mol. The van der Waals surface area contributed by atoms with E-state index in [1.165, 1.54) is 57.9 Å². The van der Waals surface area contributed by atoms with Gasteiger partial charge < -0.3 is 5.32 Å². The normalized spacial score (nSPS) is 38.8. The average Bonchev–Trinajstić information content (AvgIpc) is 2.61. The first-order valence-corrected chi connectivity index (χ1v) is 8.19. The SMILES string of the molecule is CCC1CCC(C)N1CC1CCCCCC1NC. The molecule has 4 atom stereocenters. The smallest absolute Gasteiger partial charge is 0.0104 e. The Bertz CT molecular complexity index is 241. The van der Waals surface area contributed by atoms with Gasteiger partial charge in [-0.3, -0.25) is 4.90 Å². The molecule has 0 aromatic heterocycles. The Hall–Kier alpha value is -0.0800. The number of rotatable bonds is 4. The van der Waals surface area contributed by atoms with E-state index in [2.05, 4.69) is 31.1 Å². The summed E-state index contributed by atoms with van der Waals surface area (Å²) in [6.45, 7) is 6.13. The van der Waals surface area contributed by atoms with Crippen LogP contribution in [0.1, 0.15) is 65.2 Å². The van der Waals surface area contributed by atoms with Gasteiger partial charge in [-0.15, -0.1) is 0 Å². The molecule has 2 heteroatoms. The molecule has 4 unspecified atom stereocenters. The third kappa shape index (κ3) is 3.27. The summed E-state index contributed by atoms with van der Waals surface area (Å²) in [5.41, 5.74) is 0. The lowest BCUT2D eigenvalue weighted by molar-refractivity contribution is 0.146. The largest absolute Gasteiger partial charge is 0.317 e. The molecule has 0 radical (unpaired) electrons. The fourth-order valence-electron chi connectivity index (χ4n) is 4.15. The molecule has 0 amide bonds. The number of nitrogens with zero attached hydrogens (tertiary/aromatic N) is 1. The molecule has 2 nitrogen and oxygen atoms in total. The lowest BCUT2D eigenvalue weighted by Crippen LogP contribution is -2.44. The molecule has 2 rings (SSSR count). The number of hydrogen-bond donors (Lipinski definition) is 1. The lowest BCUT2D eigenvalue weighted by atomic mass is 9.93. The molecule has 0 spiro atoms. The molecule has 2 fully saturated rings. The van der Waals surface area contributed by atoms with Crippen LogP contribution in [0.2, 0.25) is 0 Å². The highest BCUT2D eigenvalue weighted by Gasteiger charge is 2.33. The topological polar surface area (TPSA) is 15.3 Å². The number of hydrogen-bond acceptors (Lipinski definition) is 2. The Kier molecular flexibility index (Phi) is 5.50. The molecule has 1 aliphatic carbocycles. The average molecular weight is 252 g/mol. The maximum Gasteiger partial charge on any atom is 0.0104 e. The zero-order valence-electron chi connectivity index (χ0n) is 12.6. The van der Waals surface area contributed by atoms with Crippen LogP contribution in [0, 0.1) is 5.92 Å². The van der Waals surface area contributed by atoms with Gasteiger partial charge in [-0.25, -0.2) is 0 Å². The fourth-order valence-corrected chi connectivity index (χ4v) is 4.15. The first kappa shape index (κ1) is 14.3. The van der Waals surface area contributed by atoms with E-state index in [1.807, 2.05) is 0 Å². The highest BCUT2D eigenvalue weighted by Crippen LogP contribution is 2.31. The maximum atomic E-state index is 3.59. The van der Waals surface area contributed by atoms with Gasteiger partial charge in [0.2, 0.25) is 0 Å². The van der Waals surface area contributed by atoms with Gasteiger partial charge in [-0.1, -0.05) is 26.2 Å². The van der Waals surface area contributed by atoms with Crippen molar-refractivity contribution < 1.29 is 0 Å². The molecule has 1 saturated carbocycles. The van der Waals surface area contributed by atoms with Crippen molar-refractivity contribution in [2.45, 2.75) is 83.3 Å². The van der Waals surface area contributed by atoms with Gasteiger partial charge in [0.05, 0.1) is 0 Å². The molecule has 0 aromatic carbocycles. The minimum Gasteiger partial charge on any atom is -0.317 e. The van der Waals surface area contributed by atoms with Crippen LogP contribution in [-0.2, 0) is 0 Å². The Labute approximate surface area is 114 Å². The van der Waals surface area contributed by atoms with Crippen molar-refractivity contribution in [1.82, 2.24) is 10.2 Å². The number of nitrogens with one attached hydrogen (secondary N) is 1. The minimum atomic E-state index is 0.762. The van der Waals surface area contributed by atoms with E-state index in [4.69, 9.17) is 0 Å². The van der Waals surface area contributed by atoms with E-state index in [0.717, 1.165) is 24.0 Å². The fraction of sp³-hybridized carbons (Fsp3) is 1.00. The van der Waals surface area contributed by atoms with Crippen molar-refractivity contribution in [3.63, 3.8) is 0 Å². The summed E-state index contributed by atoms with van der Waals surface area (Å²) in [6, 6.07) is 2.44. The number of likely N-dealkylation sites (tertiary alicyclic amines) is 1. The zero-order chi connectivity index (χ0) is 13.0. The van der Waals surface area contributed by atoms with Crippen LogP contribution in [0.25, 0.3) is 0 Å². The molecule has 18 heavy (non-hydrogen) atoms. The van der Waals surface area contributed by atoms with E-state index < -0.39 is 0 Å². The van der Waals surface area contributed by atoms with Crippen LogP contribution >= 0.6 is 0 Å². The van der Waals surface area contributed by atoms with E-state index in [9.17, 15) is 0 Å². The first-order valence-electron chi connectivity index (χ1n) is 8.19. The van der Waals surface area contributed by atoms with Crippen molar-refractivity contribution in [3.05, 3.63) is 0 Å². The van der Waals surface area contributed by atoms with Crippen LogP contribution < -0.4 is 5.32 Å². The molecule has 1 saturated heterocycles. The summed E-state index contributed by atoms with van der Waals surface area (Å²) in [5.74, 6) is 0.882. The van der Waals surface area contributed by atoms with Gasteiger partial charge in [-0.2, -0.15) is 0 Å². The molecule has 2 aliphatic rings. The van der Waals surface area contributed by atoms with Gasteiger partial charge in [-0.05, 0) is 52.0 Å². The van der Waals surface area contributed by atoms with Gasteiger partial charge in [0.15, 0.2) is 0 Å². The Balaban J connectivity index is 1.96. The first-order chi connectivity index (χ1) is 8.76. The summed E-state index contributed by atoms with van der Waals surface area (Å²) >= 11 is 0. The molecular formula is C16H32N2. The molecule has 1 N–H and O–H groups in total. The van der Waals surface area contributed by atoms with Gasteiger partial charge in [0.25, 0.3) is 0 Å². The Morgan fingerprint density at radius 2 is 1.83 bits per heavy atom. The van der Waals surface area contributed by atoms with Crippen molar-refractivity contribution in [3.8, 4) is 0 Å². The second-order valence-electron chi connectivity index (χ2n) is 6.48. The zero-order valence-corrected chi connectivity index (χ0v) is 12.6. The van der Waals surface area contributed by atoms with E-state index >= 15 is 0 Å². The predicted molar refractivity (Wildman–Crippen MR) is 78.9 cm³/mol. The highest BCUT2D eigenvalue weighted by molar-refractivity contribution is 4.89.